The number of benzene rings is 2. The zero-order chi connectivity index (χ0) is 15.5. The predicted molar refractivity (Wildman–Crippen MR) is 74.2 cm³/mol. The van der Waals surface area contributed by atoms with Crippen molar-refractivity contribution in [1.82, 2.24) is 0 Å². The van der Waals surface area contributed by atoms with E-state index in [0.29, 0.717) is 0 Å². The maximum absolute atomic E-state index is 12.6. The van der Waals surface area contributed by atoms with E-state index in [9.17, 15) is 24.9 Å². The predicted octanol–water partition coefficient (Wildman–Crippen LogP) is 2.20. The van der Waals surface area contributed by atoms with Crippen molar-refractivity contribution in [2.24, 2.45) is 0 Å². The van der Waals surface area contributed by atoms with Crippen molar-refractivity contribution in [1.29, 1.82) is 0 Å². The average Bonchev–Trinajstić information content (AvgIpc) is 2.46. The van der Waals surface area contributed by atoms with Crippen molar-refractivity contribution < 1.29 is 24.9 Å². The number of hydrogen-bond donors (Lipinski definition) is 3. The zero-order valence-electron chi connectivity index (χ0n) is 11.4. The Kier molecular flexibility index (Phi) is 2.56. The molecule has 2 aromatic carbocycles. The van der Waals surface area contributed by atoms with E-state index in [1.165, 1.54) is 32.0 Å². The van der Waals surface area contributed by atoms with E-state index in [1.54, 1.807) is 0 Å². The molecule has 3 N–H and O–H groups in total. The molecule has 0 aliphatic heterocycles. The molecule has 0 heterocycles. The third-order valence-electron chi connectivity index (χ3n) is 3.90. The van der Waals surface area contributed by atoms with Gasteiger partial charge in [-0.1, -0.05) is 12.1 Å². The van der Waals surface area contributed by atoms with Crippen molar-refractivity contribution in [3.63, 3.8) is 0 Å². The molecule has 0 radical (unpaired) electrons. The Morgan fingerprint density at radius 1 is 0.762 bits per heavy atom. The van der Waals surface area contributed by atoms with E-state index in [1.807, 2.05) is 0 Å². The number of hydrogen-bond acceptors (Lipinski definition) is 5. The van der Waals surface area contributed by atoms with Crippen LogP contribution in [0.15, 0.2) is 18.2 Å². The first-order valence-electron chi connectivity index (χ1n) is 6.32. The fourth-order valence-electron chi connectivity index (χ4n) is 2.74. The van der Waals surface area contributed by atoms with E-state index < -0.39 is 17.3 Å². The molecule has 0 bridgehead atoms. The Morgan fingerprint density at radius 2 is 1.43 bits per heavy atom. The topological polar surface area (TPSA) is 94.8 Å². The summed E-state index contributed by atoms with van der Waals surface area (Å²) >= 11 is 0. The van der Waals surface area contributed by atoms with Gasteiger partial charge in [0.2, 0.25) is 5.78 Å². The maximum atomic E-state index is 12.6. The van der Waals surface area contributed by atoms with Gasteiger partial charge in [-0.15, -0.1) is 0 Å². The number of aromatic hydroxyl groups is 3. The molecule has 0 aromatic heterocycles. The van der Waals surface area contributed by atoms with Crippen LogP contribution in [0.1, 0.15) is 43.0 Å². The second-order valence-corrected chi connectivity index (χ2v) is 5.06. The first kappa shape index (κ1) is 13.2. The summed E-state index contributed by atoms with van der Waals surface area (Å²) < 4.78 is 0. The Hall–Kier alpha value is -2.82. The SMILES string of the molecule is Cc1c(O)c(C)c2c(c1O)C(=O)c1c(O)cccc1C2=O. The minimum absolute atomic E-state index is 0.0151. The Balaban J connectivity index is 2.47. The lowest BCUT2D eigenvalue weighted by Gasteiger charge is -2.22. The molecule has 21 heavy (non-hydrogen) atoms. The smallest absolute Gasteiger partial charge is 0.201 e. The molecule has 0 saturated carbocycles. The molecule has 2 aromatic rings. The fraction of sp³-hybridized carbons (Fsp3) is 0.125. The van der Waals surface area contributed by atoms with Gasteiger partial charge in [-0.3, -0.25) is 9.59 Å². The van der Waals surface area contributed by atoms with Crippen LogP contribution in [0.2, 0.25) is 0 Å². The first-order valence-corrected chi connectivity index (χ1v) is 6.32. The second kappa shape index (κ2) is 4.09. The summed E-state index contributed by atoms with van der Waals surface area (Å²) in [5.74, 6) is -2.07. The normalized spacial score (nSPS) is 13.0. The van der Waals surface area contributed by atoms with Gasteiger partial charge >= 0.3 is 0 Å². The van der Waals surface area contributed by atoms with E-state index >= 15 is 0 Å². The van der Waals surface area contributed by atoms with Crippen molar-refractivity contribution >= 4 is 11.6 Å². The molecule has 0 atom stereocenters. The molecule has 5 nitrogen and oxygen atoms in total. The molecular weight excluding hydrogens is 272 g/mol. The van der Waals surface area contributed by atoms with Crippen LogP contribution < -0.4 is 0 Å². The number of phenols is 3. The van der Waals surface area contributed by atoms with Crippen LogP contribution >= 0.6 is 0 Å². The molecule has 5 heteroatoms. The Labute approximate surface area is 120 Å². The summed E-state index contributed by atoms with van der Waals surface area (Å²) in [5, 5.41) is 30.0. The number of fused-ring (bicyclic) bond motifs is 2. The molecule has 1 aliphatic carbocycles. The summed E-state index contributed by atoms with van der Waals surface area (Å²) in [6.45, 7) is 2.97. The minimum Gasteiger partial charge on any atom is -0.507 e. The minimum atomic E-state index is -0.624. The van der Waals surface area contributed by atoms with Gasteiger partial charge in [0.1, 0.15) is 17.2 Å². The van der Waals surface area contributed by atoms with Gasteiger partial charge in [-0.2, -0.15) is 0 Å². The van der Waals surface area contributed by atoms with Gasteiger partial charge in [0.05, 0.1) is 11.1 Å². The third kappa shape index (κ3) is 1.51. The standard InChI is InChI=1S/C16H12O5/c1-6-10-12(14(19)7(2)13(6)18)16(21)11-8(15(10)20)4-3-5-9(11)17/h3-5,17-19H,1-2H3. The molecule has 3 rings (SSSR count). The Bertz CT molecular complexity index is 833. The lowest BCUT2D eigenvalue weighted by atomic mass is 9.80. The summed E-state index contributed by atoms with van der Waals surface area (Å²) in [4.78, 5) is 25.1. The van der Waals surface area contributed by atoms with Crippen LogP contribution in [0.5, 0.6) is 17.2 Å². The molecule has 0 unspecified atom stereocenters. The van der Waals surface area contributed by atoms with Crippen LogP contribution in [0.4, 0.5) is 0 Å². The second-order valence-electron chi connectivity index (χ2n) is 5.06. The molecule has 1 aliphatic rings. The molecule has 0 fully saturated rings. The summed E-state index contributed by atoms with van der Waals surface area (Å²) in [6.07, 6.45) is 0. The van der Waals surface area contributed by atoms with Gasteiger partial charge in [0.15, 0.2) is 5.78 Å². The van der Waals surface area contributed by atoms with Gasteiger partial charge in [-0.05, 0) is 19.9 Å². The van der Waals surface area contributed by atoms with Crippen molar-refractivity contribution in [2.45, 2.75) is 13.8 Å². The highest BCUT2D eigenvalue weighted by molar-refractivity contribution is 6.31. The maximum Gasteiger partial charge on any atom is 0.201 e. The number of ketones is 2. The van der Waals surface area contributed by atoms with Crippen LogP contribution in [0.3, 0.4) is 0 Å². The number of carbonyl (C=O) groups is 2. The van der Waals surface area contributed by atoms with Gasteiger partial charge in [-0.25, -0.2) is 0 Å². The highest BCUT2D eigenvalue weighted by atomic mass is 16.3. The summed E-state index contributed by atoms with van der Waals surface area (Å²) in [5.41, 5.74) is 0.146. The number of carbonyl (C=O) groups excluding carboxylic acids is 2. The van der Waals surface area contributed by atoms with E-state index in [2.05, 4.69) is 0 Å². The average molecular weight is 284 g/mol. The zero-order valence-corrected chi connectivity index (χ0v) is 11.4. The van der Waals surface area contributed by atoms with E-state index in [0.717, 1.165) is 0 Å². The number of phenolic OH excluding ortho intramolecular Hbond substituents is 3. The van der Waals surface area contributed by atoms with Crippen molar-refractivity contribution in [3.8, 4) is 17.2 Å². The van der Waals surface area contributed by atoms with Gasteiger partial charge in [0.25, 0.3) is 0 Å². The Morgan fingerprint density at radius 3 is 2.10 bits per heavy atom. The number of rotatable bonds is 0. The van der Waals surface area contributed by atoms with Crippen molar-refractivity contribution in [2.75, 3.05) is 0 Å². The monoisotopic (exact) mass is 284 g/mol. The highest BCUT2D eigenvalue weighted by Crippen LogP contribution is 2.43. The van der Waals surface area contributed by atoms with Gasteiger partial charge < -0.3 is 15.3 Å². The van der Waals surface area contributed by atoms with Crippen LogP contribution in [-0.4, -0.2) is 26.9 Å². The lowest BCUT2D eigenvalue weighted by molar-refractivity contribution is 0.0973. The first-order chi connectivity index (χ1) is 9.86. The van der Waals surface area contributed by atoms with Crippen LogP contribution in [0.25, 0.3) is 0 Å². The molecule has 0 amide bonds. The quantitative estimate of drug-likeness (QED) is 0.588. The lowest BCUT2D eigenvalue weighted by Crippen LogP contribution is -2.22. The third-order valence-corrected chi connectivity index (χ3v) is 3.90. The van der Waals surface area contributed by atoms with Gasteiger partial charge in [0, 0.05) is 22.3 Å². The summed E-state index contributed by atoms with van der Waals surface area (Å²) in [6, 6.07) is 4.21. The summed E-state index contributed by atoms with van der Waals surface area (Å²) in [7, 11) is 0. The molecule has 0 saturated heterocycles. The van der Waals surface area contributed by atoms with Crippen LogP contribution in [-0.2, 0) is 0 Å². The van der Waals surface area contributed by atoms with Crippen LogP contribution in [0, 0.1) is 13.8 Å². The van der Waals surface area contributed by atoms with E-state index in [4.69, 9.17) is 0 Å². The highest BCUT2D eigenvalue weighted by Gasteiger charge is 2.37. The fourth-order valence-corrected chi connectivity index (χ4v) is 2.74. The molecule has 0 spiro atoms. The molecule has 106 valence electrons. The van der Waals surface area contributed by atoms with Crippen molar-refractivity contribution in [3.05, 3.63) is 51.6 Å². The van der Waals surface area contributed by atoms with E-state index in [-0.39, 0.29) is 44.9 Å². The molecular formula is C16H12O5. The largest absolute Gasteiger partial charge is 0.507 e.